The van der Waals surface area contributed by atoms with Crippen LogP contribution in [0.5, 0.6) is 11.5 Å². The van der Waals surface area contributed by atoms with Crippen molar-refractivity contribution in [2.45, 2.75) is 6.42 Å². The van der Waals surface area contributed by atoms with Crippen molar-refractivity contribution in [2.75, 3.05) is 31.6 Å². The molecule has 0 atom stereocenters. The van der Waals surface area contributed by atoms with Gasteiger partial charge in [-0.15, -0.1) is 0 Å². The fourth-order valence-corrected chi connectivity index (χ4v) is 4.14. The number of nitrogens with zero attached hydrogens (tertiary/aromatic N) is 2. The summed E-state index contributed by atoms with van der Waals surface area (Å²) in [7, 11) is 2.03. The number of anilines is 1. The molecule has 0 aliphatic rings. The van der Waals surface area contributed by atoms with Crippen LogP contribution in [-0.4, -0.2) is 49.9 Å². The fraction of sp³-hybridized carbons (Fsp3) is 0.167. The Kier molecular flexibility index (Phi) is 9.37. The third-order valence-electron chi connectivity index (χ3n) is 6.05. The number of nitrogens with one attached hydrogen (secondary N) is 2. The number of para-hydroxylation sites is 1. The van der Waals surface area contributed by atoms with Crippen molar-refractivity contribution in [2.24, 2.45) is 5.10 Å². The minimum Gasteiger partial charge on any atom is -0.506 e. The topological polar surface area (TPSA) is 103 Å². The molecule has 4 aromatic rings. The number of carbonyl (C=O) groups is 2. The minimum absolute atomic E-state index is 0.0811. The quantitative estimate of drug-likeness (QED) is 0.140. The number of aromatic hydroxyl groups is 1. The number of hydrogen-bond donors (Lipinski definition) is 3. The highest BCUT2D eigenvalue weighted by molar-refractivity contribution is 6.32. The summed E-state index contributed by atoms with van der Waals surface area (Å²) in [6.07, 6.45) is 2.34. The molecule has 3 N–H and O–H groups in total. The van der Waals surface area contributed by atoms with Crippen LogP contribution in [0.25, 0.3) is 10.8 Å². The molecule has 0 bridgehead atoms. The van der Waals surface area contributed by atoms with Crippen molar-refractivity contribution in [3.05, 3.63) is 101 Å². The van der Waals surface area contributed by atoms with Gasteiger partial charge in [0.2, 0.25) is 0 Å². The van der Waals surface area contributed by atoms with E-state index in [1.54, 1.807) is 6.07 Å². The number of phenols is 1. The van der Waals surface area contributed by atoms with E-state index >= 15 is 0 Å². The molecule has 0 aliphatic heterocycles. The number of halogens is 1. The zero-order chi connectivity index (χ0) is 27.6. The normalized spacial score (nSPS) is 10.9. The largest absolute Gasteiger partial charge is 0.506 e. The van der Waals surface area contributed by atoms with Crippen molar-refractivity contribution in [3.8, 4) is 11.5 Å². The number of carbonyl (C=O) groups excluding carboxylic acids is 2. The second kappa shape index (κ2) is 13.3. The highest BCUT2D eigenvalue weighted by atomic mass is 35.5. The van der Waals surface area contributed by atoms with Crippen LogP contribution < -0.4 is 20.4 Å². The Morgan fingerprint density at radius 1 is 1.00 bits per heavy atom. The molecule has 0 saturated carbocycles. The molecule has 39 heavy (non-hydrogen) atoms. The van der Waals surface area contributed by atoms with Gasteiger partial charge in [-0.25, -0.2) is 5.43 Å². The van der Waals surface area contributed by atoms with E-state index < -0.39 is 5.91 Å². The highest BCUT2D eigenvalue weighted by Gasteiger charge is 2.10. The third kappa shape index (κ3) is 7.49. The first-order chi connectivity index (χ1) is 18.9. The lowest BCUT2D eigenvalue weighted by molar-refractivity contribution is -0.123. The molecule has 4 aromatic carbocycles. The molecule has 0 fully saturated rings. The second-order valence-corrected chi connectivity index (χ2v) is 9.22. The first-order valence-electron chi connectivity index (χ1n) is 12.4. The van der Waals surface area contributed by atoms with Gasteiger partial charge >= 0.3 is 0 Å². The number of hydrazone groups is 1. The van der Waals surface area contributed by atoms with E-state index in [2.05, 4.69) is 32.9 Å². The molecule has 0 aliphatic carbocycles. The molecular formula is C30H29ClN4O4. The molecule has 0 spiro atoms. The molecule has 4 rings (SSSR count). The smallest absolute Gasteiger partial charge is 0.271 e. The van der Waals surface area contributed by atoms with Gasteiger partial charge in [-0.05, 0) is 54.3 Å². The van der Waals surface area contributed by atoms with E-state index in [0.717, 1.165) is 35.0 Å². The van der Waals surface area contributed by atoms with Gasteiger partial charge in [-0.2, -0.15) is 5.10 Å². The molecule has 200 valence electrons. The molecule has 0 unspecified atom stereocenters. The van der Waals surface area contributed by atoms with Gasteiger partial charge in [0.05, 0.1) is 11.2 Å². The van der Waals surface area contributed by atoms with Gasteiger partial charge in [0.15, 0.2) is 6.61 Å². The standard InChI is InChI=1S/C30H29ClN4O4/c1-35(23-8-3-2-4-9-23)17-7-16-32-29(37)20-39-28-15-13-22(24-10-5-6-11-25(24)28)19-33-34-30(38)21-12-14-27(36)26(31)18-21/h2-6,8-15,18-19,36H,7,16-17,20H2,1H3,(H,32,37)(H,34,38)/b33-19+. The van der Waals surface area contributed by atoms with E-state index in [1.165, 1.54) is 24.4 Å². The van der Waals surface area contributed by atoms with Crippen LogP contribution in [0.4, 0.5) is 5.69 Å². The Labute approximate surface area is 231 Å². The first-order valence-corrected chi connectivity index (χ1v) is 12.8. The van der Waals surface area contributed by atoms with E-state index in [1.807, 2.05) is 55.6 Å². The molecule has 0 heterocycles. The Morgan fingerprint density at radius 3 is 2.51 bits per heavy atom. The number of rotatable bonds is 11. The molecular weight excluding hydrogens is 516 g/mol. The molecule has 2 amide bonds. The number of fused-ring (bicyclic) bond motifs is 1. The summed E-state index contributed by atoms with van der Waals surface area (Å²) in [5, 5.41) is 18.2. The lowest BCUT2D eigenvalue weighted by Gasteiger charge is -2.19. The lowest BCUT2D eigenvalue weighted by Crippen LogP contribution is -2.31. The molecule has 0 saturated heterocycles. The minimum atomic E-state index is -0.463. The zero-order valence-electron chi connectivity index (χ0n) is 21.4. The third-order valence-corrected chi connectivity index (χ3v) is 6.35. The van der Waals surface area contributed by atoms with Crippen LogP contribution in [0, 0.1) is 0 Å². The molecule has 0 radical (unpaired) electrons. The zero-order valence-corrected chi connectivity index (χ0v) is 22.2. The van der Waals surface area contributed by atoms with Crippen molar-refractivity contribution in [1.82, 2.24) is 10.7 Å². The SMILES string of the molecule is CN(CCCNC(=O)COc1ccc(/C=N/NC(=O)c2ccc(O)c(Cl)c2)c2ccccc12)c1ccccc1. The van der Waals surface area contributed by atoms with E-state index in [-0.39, 0.29) is 28.8 Å². The van der Waals surface area contributed by atoms with Crippen LogP contribution in [0.15, 0.2) is 90.0 Å². The lowest BCUT2D eigenvalue weighted by atomic mass is 10.0. The van der Waals surface area contributed by atoms with Crippen molar-refractivity contribution in [3.63, 3.8) is 0 Å². The predicted molar refractivity (Wildman–Crippen MR) is 155 cm³/mol. The van der Waals surface area contributed by atoms with E-state index in [0.29, 0.717) is 12.3 Å². The number of benzene rings is 4. The summed E-state index contributed by atoms with van der Waals surface area (Å²) in [6, 6.07) is 25.4. The highest BCUT2D eigenvalue weighted by Crippen LogP contribution is 2.28. The number of phenolic OH excluding ortho intramolecular Hbond substituents is 1. The first kappa shape index (κ1) is 27.5. The Morgan fingerprint density at radius 2 is 1.74 bits per heavy atom. The Balaban J connectivity index is 1.30. The molecule has 9 heteroatoms. The second-order valence-electron chi connectivity index (χ2n) is 8.81. The average Bonchev–Trinajstić information content (AvgIpc) is 2.96. The van der Waals surface area contributed by atoms with E-state index in [4.69, 9.17) is 16.3 Å². The summed E-state index contributed by atoms with van der Waals surface area (Å²) in [5.41, 5.74) is 4.62. The van der Waals surface area contributed by atoms with Crippen LogP contribution in [0.1, 0.15) is 22.3 Å². The fourth-order valence-electron chi connectivity index (χ4n) is 3.96. The summed E-state index contributed by atoms with van der Waals surface area (Å²) in [6.45, 7) is 1.27. The summed E-state index contributed by atoms with van der Waals surface area (Å²) >= 11 is 5.87. The van der Waals surface area contributed by atoms with Gasteiger partial charge in [-0.3, -0.25) is 9.59 Å². The van der Waals surface area contributed by atoms with Crippen molar-refractivity contribution >= 4 is 46.1 Å². The van der Waals surface area contributed by atoms with Crippen LogP contribution in [-0.2, 0) is 4.79 Å². The van der Waals surface area contributed by atoms with Crippen LogP contribution in [0.3, 0.4) is 0 Å². The van der Waals surface area contributed by atoms with Crippen molar-refractivity contribution in [1.29, 1.82) is 0 Å². The molecule has 0 aromatic heterocycles. The van der Waals surface area contributed by atoms with Gasteiger partial charge < -0.3 is 20.1 Å². The average molecular weight is 545 g/mol. The summed E-state index contributed by atoms with van der Waals surface area (Å²) < 4.78 is 5.84. The van der Waals surface area contributed by atoms with Crippen LogP contribution in [0.2, 0.25) is 5.02 Å². The Bertz CT molecular complexity index is 1480. The Hall–Kier alpha value is -4.56. The summed E-state index contributed by atoms with van der Waals surface area (Å²) in [4.78, 5) is 26.8. The number of ether oxygens (including phenoxy) is 1. The summed E-state index contributed by atoms with van der Waals surface area (Å²) in [5.74, 6) is -0.182. The van der Waals surface area contributed by atoms with Gasteiger partial charge in [0, 0.05) is 42.3 Å². The maximum atomic E-state index is 12.4. The number of amides is 2. The maximum Gasteiger partial charge on any atom is 0.271 e. The maximum absolute atomic E-state index is 12.4. The van der Waals surface area contributed by atoms with E-state index in [9.17, 15) is 14.7 Å². The van der Waals surface area contributed by atoms with Crippen LogP contribution >= 0.6 is 11.6 Å². The monoisotopic (exact) mass is 544 g/mol. The van der Waals surface area contributed by atoms with Gasteiger partial charge in [0.25, 0.3) is 11.8 Å². The molecule has 8 nitrogen and oxygen atoms in total. The van der Waals surface area contributed by atoms with Crippen molar-refractivity contribution < 1.29 is 19.4 Å². The predicted octanol–water partition coefficient (Wildman–Crippen LogP) is 4.98. The van der Waals surface area contributed by atoms with Gasteiger partial charge in [-0.1, -0.05) is 54.1 Å². The van der Waals surface area contributed by atoms with Gasteiger partial charge in [0.1, 0.15) is 11.5 Å². The number of hydrogen-bond acceptors (Lipinski definition) is 6.